The van der Waals surface area contributed by atoms with Crippen molar-refractivity contribution in [3.05, 3.63) is 22.2 Å². The minimum absolute atomic E-state index is 0.225. The van der Waals surface area contributed by atoms with Crippen LogP contribution in [0.2, 0.25) is 0 Å². The normalized spacial score (nSPS) is 14.8. The van der Waals surface area contributed by atoms with Crippen molar-refractivity contribution in [3.8, 4) is 11.5 Å². The van der Waals surface area contributed by atoms with Crippen LogP contribution in [0, 0.1) is 0 Å². The zero-order valence-corrected chi connectivity index (χ0v) is 14.9. The lowest BCUT2D eigenvalue weighted by molar-refractivity contribution is -0.129. The molecule has 0 heterocycles. The third-order valence-electron chi connectivity index (χ3n) is 3.33. The van der Waals surface area contributed by atoms with Crippen molar-refractivity contribution in [2.45, 2.75) is 38.8 Å². The SMILES string of the molecule is CCOc1c(Br)cc(C(=O)O[C@H](C)C(=O)NC2CC2)cc1OC. The molecule has 0 aliphatic heterocycles. The zero-order valence-electron chi connectivity index (χ0n) is 13.3. The molecule has 23 heavy (non-hydrogen) atoms. The van der Waals surface area contributed by atoms with Crippen molar-refractivity contribution in [2.75, 3.05) is 13.7 Å². The molecule has 1 amide bonds. The first kappa shape index (κ1) is 17.6. The van der Waals surface area contributed by atoms with Gasteiger partial charge in [-0.25, -0.2) is 4.79 Å². The van der Waals surface area contributed by atoms with Crippen molar-refractivity contribution in [3.63, 3.8) is 0 Å². The van der Waals surface area contributed by atoms with Gasteiger partial charge in [0, 0.05) is 6.04 Å². The predicted molar refractivity (Wildman–Crippen MR) is 87.9 cm³/mol. The number of esters is 1. The molecule has 1 N–H and O–H groups in total. The molecule has 0 bridgehead atoms. The van der Waals surface area contributed by atoms with Gasteiger partial charge in [0.2, 0.25) is 0 Å². The molecule has 6 nitrogen and oxygen atoms in total. The van der Waals surface area contributed by atoms with Crippen LogP contribution in [0.25, 0.3) is 0 Å². The number of amides is 1. The second-order valence-electron chi connectivity index (χ2n) is 5.25. The number of hydrogen-bond acceptors (Lipinski definition) is 5. The largest absolute Gasteiger partial charge is 0.493 e. The molecular weight excluding hydrogens is 366 g/mol. The third kappa shape index (κ3) is 4.60. The van der Waals surface area contributed by atoms with Crippen molar-refractivity contribution in [1.82, 2.24) is 5.32 Å². The molecule has 126 valence electrons. The summed E-state index contributed by atoms with van der Waals surface area (Å²) in [5.74, 6) is 0.0673. The van der Waals surface area contributed by atoms with Crippen molar-refractivity contribution < 1.29 is 23.8 Å². The minimum Gasteiger partial charge on any atom is -0.493 e. The summed E-state index contributed by atoms with van der Waals surface area (Å²) >= 11 is 3.35. The average Bonchev–Trinajstić information content (AvgIpc) is 3.32. The fraction of sp³-hybridized carbons (Fsp3) is 0.500. The van der Waals surface area contributed by atoms with Gasteiger partial charge in [0.15, 0.2) is 17.6 Å². The number of nitrogens with one attached hydrogen (secondary N) is 1. The average molecular weight is 386 g/mol. The van der Waals surface area contributed by atoms with E-state index in [-0.39, 0.29) is 17.5 Å². The number of carbonyl (C=O) groups excluding carboxylic acids is 2. The maximum absolute atomic E-state index is 12.2. The molecule has 1 fully saturated rings. The van der Waals surface area contributed by atoms with Gasteiger partial charge in [0.05, 0.1) is 23.8 Å². The highest BCUT2D eigenvalue weighted by molar-refractivity contribution is 9.10. The van der Waals surface area contributed by atoms with E-state index < -0.39 is 12.1 Å². The van der Waals surface area contributed by atoms with Gasteiger partial charge in [-0.1, -0.05) is 0 Å². The van der Waals surface area contributed by atoms with Crippen LogP contribution < -0.4 is 14.8 Å². The Morgan fingerprint density at radius 1 is 1.39 bits per heavy atom. The summed E-state index contributed by atoms with van der Waals surface area (Å²) in [5.41, 5.74) is 0.281. The highest BCUT2D eigenvalue weighted by atomic mass is 79.9. The van der Waals surface area contributed by atoms with Gasteiger partial charge < -0.3 is 19.5 Å². The van der Waals surface area contributed by atoms with Crippen LogP contribution in [-0.4, -0.2) is 37.7 Å². The first-order valence-electron chi connectivity index (χ1n) is 7.48. The molecule has 0 spiro atoms. The van der Waals surface area contributed by atoms with Crippen LogP contribution >= 0.6 is 15.9 Å². The molecule has 0 aromatic heterocycles. The number of carbonyl (C=O) groups is 2. The van der Waals surface area contributed by atoms with E-state index in [9.17, 15) is 9.59 Å². The minimum atomic E-state index is -0.848. The standard InChI is InChI=1S/C16H20BrNO5/c1-4-22-14-12(17)7-10(8-13(14)21-3)16(20)23-9(2)15(19)18-11-5-6-11/h7-9,11H,4-6H2,1-3H3,(H,18,19)/t9-/m1/s1. The lowest BCUT2D eigenvalue weighted by Crippen LogP contribution is -2.37. The summed E-state index contributed by atoms with van der Waals surface area (Å²) in [5, 5.41) is 2.80. The molecule has 2 rings (SSSR count). The zero-order chi connectivity index (χ0) is 17.0. The van der Waals surface area contributed by atoms with E-state index in [1.54, 1.807) is 13.0 Å². The number of halogens is 1. The lowest BCUT2D eigenvalue weighted by atomic mass is 10.2. The Kier molecular flexibility index (Phi) is 5.87. The van der Waals surface area contributed by atoms with Crippen LogP contribution in [0.5, 0.6) is 11.5 Å². The molecule has 0 saturated heterocycles. The molecule has 0 unspecified atom stereocenters. The highest BCUT2D eigenvalue weighted by Crippen LogP contribution is 2.36. The van der Waals surface area contributed by atoms with Crippen LogP contribution in [0.3, 0.4) is 0 Å². The first-order chi connectivity index (χ1) is 11.0. The molecular formula is C16H20BrNO5. The van der Waals surface area contributed by atoms with E-state index in [1.807, 2.05) is 6.92 Å². The van der Waals surface area contributed by atoms with Crippen LogP contribution in [0.1, 0.15) is 37.0 Å². The van der Waals surface area contributed by atoms with Gasteiger partial charge in [-0.2, -0.15) is 0 Å². The van der Waals surface area contributed by atoms with E-state index in [4.69, 9.17) is 14.2 Å². The Morgan fingerprint density at radius 3 is 2.65 bits per heavy atom. The summed E-state index contributed by atoms with van der Waals surface area (Å²) in [4.78, 5) is 24.1. The lowest BCUT2D eigenvalue weighted by Gasteiger charge is -2.15. The molecule has 7 heteroatoms. The number of benzene rings is 1. The van der Waals surface area contributed by atoms with Crippen molar-refractivity contribution in [1.29, 1.82) is 0 Å². The number of rotatable bonds is 7. The maximum Gasteiger partial charge on any atom is 0.339 e. The number of hydrogen-bond donors (Lipinski definition) is 1. The molecule has 1 aromatic rings. The van der Waals surface area contributed by atoms with Crippen molar-refractivity contribution in [2.24, 2.45) is 0 Å². The van der Waals surface area contributed by atoms with Crippen LogP contribution in [0.4, 0.5) is 0 Å². The van der Waals surface area contributed by atoms with E-state index in [0.717, 1.165) is 12.8 Å². The molecule has 1 aliphatic rings. The quantitative estimate of drug-likeness (QED) is 0.730. The second kappa shape index (κ2) is 7.68. The third-order valence-corrected chi connectivity index (χ3v) is 3.92. The molecule has 1 aliphatic carbocycles. The monoisotopic (exact) mass is 385 g/mol. The Morgan fingerprint density at radius 2 is 2.09 bits per heavy atom. The maximum atomic E-state index is 12.2. The van der Waals surface area contributed by atoms with Gasteiger partial charge in [0.25, 0.3) is 5.91 Å². The Labute approximate surface area is 143 Å². The van der Waals surface area contributed by atoms with Gasteiger partial charge in [-0.3, -0.25) is 4.79 Å². The number of ether oxygens (including phenoxy) is 3. The van der Waals surface area contributed by atoms with Crippen LogP contribution in [0.15, 0.2) is 16.6 Å². The Balaban J connectivity index is 2.08. The molecule has 1 atom stereocenters. The fourth-order valence-electron chi connectivity index (χ4n) is 1.95. The summed E-state index contributed by atoms with van der Waals surface area (Å²) in [7, 11) is 1.49. The predicted octanol–water partition coefficient (Wildman–Crippen LogP) is 2.68. The van der Waals surface area contributed by atoms with Gasteiger partial charge >= 0.3 is 5.97 Å². The van der Waals surface area contributed by atoms with E-state index in [1.165, 1.54) is 13.2 Å². The Bertz CT molecular complexity index is 600. The molecule has 0 radical (unpaired) electrons. The summed E-state index contributed by atoms with van der Waals surface area (Å²) < 4.78 is 16.5. The summed E-state index contributed by atoms with van der Waals surface area (Å²) in [6.07, 6.45) is 1.12. The topological polar surface area (TPSA) is 73.9 Å². The van der Waals surface area contributed by atoms with Gasteiger partial charge in [-0.15, -0.1) is 0 Å². The fourth-order valence-corrected chi connectivity index (χ4v) is 2.51. The first-order valence-corrected chi connectivity index (χ1v) is 8.27. The van der Waals surface area contributed by atoms with E-state index in [2.05, 4.69) is 21.2 Å². The molecule has 1 saturated carbocycles. The van der Waals surface area contributed by atoms with Gasteiger partial charge in [-0.05, 0) is 54.8 Å². The smallest absolute Gasteiger partial charge is 0.339 e. The van der Waals surface area contributed by atoms with Gasteiger partial charge in [0.1, 0.15) is 0 Å². The van der Waals surface area contributed by atoms with E-state index in [0.29, 0.717) is 22.6 Å². The summed E-state index contributed by atoms with van der Waals surface area (Å²) in [6.45, 7) is 3.88. The number of methoxy groups -OCH3 is 1. The van der Waals surface area contributed by atoms with Crippen LogP contribution in [-0.2, 0) is 9.53 Å². The summed E-state index contributed by atoms with van der Waals surface area (Å²) in [6, 6.07) is 3.34. The highest BCUT2D eigenvalue weighted by Gasteiger charge is 2.27. The van der Waals surface area contributed by atoms with Crippen molar-refractivity contribution >= 4 is 27.8 Å². The van der Waals surface area contributed by atoms with E-state index >= 15 is 0 Å². The molecule has 1 aromatic carbocycles. The second-order valence-corrected chi connectivity index (χ2v) is 6.11. The Hall–Kier alpha value is -1.76.